The van der Waals surface area contributed by atoms with Crippen molar-refractivity contribution in [3.63, 3.8) is 0 Å². The van der Waals surface area contributed by atoms with Crippen molar-refractivity contribution in [1.82, 2.24) is 10.4 Å². The first-order valence-electron chi connectivity index (χ1n) is 7.53. The van der Waals surface area contributed by atoms with Crippen LogP contribution in [0.2, 0.25) is 0 Å². The first-order chi connectivity index (χ1) is 11.5. The topological polar surface area (TPSA) is 66.4 Å². The van der Waals surface area contributed by atoms with Crippen molar-refractivity contribution in [3.8, 4) is 0 Å². The van der Waals surface area contributed by atoms with E-state index in [-0.39, 0.29) is 12.5 Å². The third-order valence-electron chi connectivity index (χ3n) is 3.47. The Bertz CT molecular complexity index is 877. The number of carbonyl (C=O) groups excluding carboxylic acids is 1. The Hall–Kier alpha value is -2.25. The van der Waals surface area contributed by atoms with Crippen LogP contribution >= 0.6 is 22.7 Å². The van der Waals surface area contributed by atoms with Gasteiger partial charge < -0.3 is 5.32 Å². The van der Waals surface area contributed by atoms with Gasteiger partial charge in [0, 0.05) is 15.3 Å². The SMILES string of the molecule is C/C(=N/NC(=O)CNc1nc2ccccc2s1)c1cc(C)sc1C. The van der Waals surface area contributed by atoms with Gasteiger partial charge in [-0.25, -0.2) is 10.4 Å². The van der Waals surface area contributed by atoms with Crippen molar-refractivity contribution in [3.05, 3.63) is 45.6 Å². The van der Waals surface area contributed by atoms with Crippen molar-refractivity contribution in [2.24, 2.45) is 5.10 Å². The molecule has 124 valence electrons. The number of hydrazone groups is 1. The number of fused-ring (bicyclic) bond motifs is 1. The number of thiazole rings is 1. The van der Waals surface area contributed by atoms with E-state index in [0.717, 1.165) is 26.6 Å². The zero-order chi connectivity index (χ0) is 17.1. The Labute approximate surface area is 148 Å². The van der Waals surface area contributed by atoms with E-state index < -0.39 is 0 Å². The second-order valence-electron chi connectivity index (χ2n) is 5.40. The van der Waals surface area contributed by atoms with Crippen molar-refractivity contribution in [1.29, 1.82) is 0 Å². The van der Waals surface area contributed by atoms with Crippen LogP contribution in [0.3, 0.4) is 0 Å². The average Bonchev–Trinajstić information content (AvgIpc) is 3.12. The Morgan fingerprint density at radius 1 is 1.25 bits per heavy atom. The summed E-state index contributed by atoms with van der Waals surface area (Å²) in [6, 6.07) is 9.98. The fourth-order valence-electron chi connectivity index (χ4n) is 2.34. The maximum atomic E-state index is 12.0. The number of hydrogen-bond donors (Lipinski definition) is 2. The van der Waals surface area contributed by atoms with Crippen LogP contribution in [0.25, 0.3) is 10.2 Å². The largest absolute Gasteiger partial charge is 0.352 e. The van der Waals surface area contributed by atoms with E-state index in [1.54, 1.807) is 11.3 Å². The van der Waals surface area contributed by atoms with E-state index in [1.165, 1.54) is 21.1 Å². The predicted molar refractivity (Wildman–Crippen MR) is 102 cm³/mol. The molecular weight excluding hydrogens is 340 g/mol. The molecule has 0 saturated heterocycles. The van der Waals surface area contributed by atoms with E-state index in [0.29, 0.717) is 0 Å². The smallest absolute Gasteiger partial charge is 0.259 e. The lowest BCUT2D eigenvalue weighted by atomic mass is 10.2. The first-order valence-corrected chi connectivity index (χ1v) is 9.16. The molecule has 5 nitrogen and oxygen atoms in total. The lowest BCUT2D eigenvalue weighted by molar-refractivity contribution is -0.119. The standard InChI is InChI=1S/C17H18N4OS2/c1-10-8-13(12(3)23-10)11(2)20-21-16(22)9-18-17-19-14-6-4-5-7-15(14)24-17/h4-8H,9H2,1-3H3,(H,18,19)(H,21,22)/b20-11-. The van der Waals surface area contributed by atoms with Crippen LogP contribution in [-0.4, -0.2) is 23.1 Å². The number of aromatic nitrogens is 1. The maximum Gasteiger partial charge on any atom is 0.259 e. The Morgan fingerprint density at radius 3 is 2.75 bits per heavy atom. The molecule has 0 aliphatic carbocycles. The summed E-state index contributed by atoms with van der Waals surface area (Å²) in [4.78, 5) is 18.8. The minimum absolute atomic E-state index is 0.137. The maximum absolute atomic E-state index is 12.0. The fraction of sp³-hybridized carbons (Fsp3) is 0.235. The molecule has 1 aromatic carbocycles. The quantitative estimate of drug-likeness (QED) is 0.536. The van der Waals surface area contributed by atoms with Gasteiger partial charge in [0.25, 0.3) is 5.91 Å². The van der Waals surface area contributed by atoms with Gasteiger partial charge in [-0.1, -0.05) is 23.5 Å². The molecule has 0 aliphatic heterocycles. The molecule has 2 N–H and O–H groups in total. The number of hydrogen-bond acceptors (Lipinski definition) is 6. The minimum Gasteiger partial charge on any atom is -0.352 e. The van der Waals surface area contributed by atoms with Crippen LogP contribution in [0.5, 0.6) is 0 Å². The number of thiophene rings is 1. The summed E-state index contributed by atoms with van der Waals surface area (Å²) >= 11 is 3.26. The molecule has 2 heterocycles. The van der Waals surface area contributed by atoms with Crippen LogP contribution in [0.15, 0.2) is 35.4 Å². The molecule has 3 aromatic rings. The highest BCUT2D eigenvalue weighted by atomic mass is 32.1. The number of rotatable bonds is 5. The number of nitrogens with zero attached hydrogens (tertiary/aromatic N) is 2. The number of amides is 1. The number of para-hydroxylation sites is 1. The van der Waals surface area contributed by atoms with Crippen LogP contribution in [0, 0.1) is 13.8 Å². The molecule has 1 amide bonds. The lowest BCUT2D eigenvalue weighted by Gasteiger charge is -2.03. The van der Waals surface area contributed by atoms with Gasteiger partial charge in [-0.05, 0) is 39.0 Å². The molecule has 0 saturated carbocycles. The van der Waals surface area contributed by atoms with Crippen LogP contribution in [0.4, 0.5) is 5.13 Å². The minimum atomic E-state index is -0.196. The Kier molecular flexibility index (Phi) is 4.92. The van der Waals surface area contributed by atoms with Gasteiger partial charge in [0.2, 0.25) is 0 Å². The Morgan fingerprint density at radius 2 is 2.04 bits per heavy atom. The monoisotopic (exact) mass is 358 g/mol. The average molecular weight is 358 g/mol. The molecule has 0 spiro atoms. The second-order valence-corrected chi connectivity index (χ2v) is 7.89. The molecule has 0 fully saturated rings. The van der Waals surface area contributed by atoms with E-state index in [4.69, 9.17) is 0 Å². The summed E-state index contributed by atoms with van der Waals surface area (Å²) < 4.78 is 1.09. The van der Waals surface area contributed by atoms with Gasteiger partial charge in [-0.15, -0.1) is 11.3 Å². The number of anilines is 1. The summed E-state index contributed by atoms with van der Waals surface area (Å²) in [6.07, 6.45) is 0. The number of benzene rings is 1. The van der Waals surface area contributed by atoms with Crippen LogP contribution < -0.4 is 10.7 Å². The molecule has 2 aromatic heterocycles. The van der Waals surface area contributed by atoms with Crippen molar-refractivity contribution in [2.75, 3.05) is 11.9 Å². The van der Waals surface area contributed by atoms with E-state index in [2.05, 4.69) is 40.7 Å². The van der Waals surface area contributed by atoms with Crippen molar-refractivity contribution >= 4 is 49.6 Å². The van der Waals surface area contributed by atoms with Gasteiger partial charge in [0.15, 0.2) is 5.13 Å². The molecular formula is C17H18N4OS2. The molecule has 0 atom stereocenters. The molecule has 3 rings (SSSR count). The summed E-state index contributed by atoms with van der Waals surface area (Å²) in [6.45, 7) is 6.16. The first kappa shape index (κ1) is 16.6. The van der Waals surface area contributed by atoms with Gasteiger partial charge in [0.1, 0.15) is 0 Å². The summed E-state index contributed by atoms with van der Waals surface area (Å²) in [5.41, 5.74) is 5.41. The third-order valence-corrected chi connectivity index (χ3v) is 5.43. The normalized spacial score (nSPS) is 11.7. The van der Waals surface area contributed by atoms with Crippen molar-refractivity contribution in [2.45, 2.75) is 20.8 Å². The third kappa shape index (κ3) is 3.80. The second kappa shape index (κ2) is 7.11. The molecule has 24 heavy (non-hydrogen) atoms. The van der Waals surface area contributed by atoms with Gasteiger partial charge >= 0.3 is 0 Å². The van der Waals surface area contributed by atoms with Crippen molar-refractivity contribution < 1.29 is 4.79 Å². The zero-order valence-corrected chi connectivity index (χ0v) is 15.3. The highest BCUT2D eigenvalue weighted by Crippen LogP contribution is 2.25. The Balaban J connectivity index is 1.57. The van der Waals surface area contributed by atoms with Gasteiger partial charge in [0.05, 0.1) is 22.5 Å². The van der Waals surface area contributed by atoms with Crippen LogP contribution in [-0.2, 0) is 4.79 Å². The zero-order valence-electron chi connectivity index (χ0n) is 13.7. The molecule has 7 heteroatoms. The van der Waals surface area contributed by atoms with Crippen LogP contribution in [0.1, 0.15) is 22.2 Å². The molecule has 0 unspecified atom stereocenters. The van der Waals surface area contributed by atoms with E-state index >= 15 is 0 Å². The van der Waals surface area contributed by atoms with Gasteiger partial charge in [-0.3, -0.25) is 4.79 Å². The number of aryl methyl sites for hydroxylation is 2. The van der Waals surface area contributed by atoms with Gasteiger partial charge in [-0.2, -0.15) is 5.10 Å². The van der Waals surface area contributed by atoms with E-state index in [1.807, 2.05) is 31.2 Å². The highest BCUT2D eigenvalue weighted by molar-refractivity contribution is 7.22. The predicted octanol–water partition coefficient (Wildman–Crippen LogP) is 3.93. The molecule has 0 aliphatic rings. The fourth-order valence-corrected chi connectivity index (χ4v) is 4.18. The molecule has 0 bridgehead atoms. The number of carbonyl (C=O) groups is 1. The lowest BCUT2D eigenvalue weighted by Crippen LogP contribution is -2.26. The molecule has 0 radical (unpaired) electrons. The summed E-state index contributed by atoms with van der Waals surface area (Å²) in [7, 11) is 0. The summed E-state index contributed by atoms with van der Waals surface area (Å²) in [5.74, 6) is -0.196. The number of nitrogens with one attached hydrogen (secondary N) is 2. The highest BCUT2D eigenvalue weighted by Gasteiger charge is 2.08. The van der Waals surface area contributed by atoms with E-state index in [9.17, 15) is 4.79 Å². The summed E-state index contributed by atoms with van der Waals surface area (Å²) in [5, 5.41) is 7.96.